The molecule has 0 atom stereocenters. The normalized spacial score (nSPS) is 10.8. The number of benzene rings is 2. The number of carbonyl (C=O) groups is 1. The predicted octanol–water partition coefficient (Wildman–Crippen LogP) is 4.08. The van der Waals surface area contributed by atoms with Gasteiger partial charge in [-0.1, -0.05) is 44.2 Å². The molecule has 0 bridgehead atoms. The Morgan fingerprint density at radius 1 is 1.00 bits per heavy atom. The van der Waals surface area contributed by atoms with Gasteiger partial charge in [-0.2, -0.15) is 5.10 Å². The third-order valence-corrected chi connectivity index (χ3v) is 3.66. The molecule has 0 unspecified atom stereocenters. The summed E-state index contributed by atoms with van der Waals surface area (Å²) in [6.45, 7) is 6.51. The van der Waals surface area contributed by atoms with Crippen LogP contribution in [0.5, 0.6) is 0 Å². The lowest BCUT2D eigenvalue weighted by Crippen LogP contribution is -2.24. The molecule has 0 saturated heterocycles. The third kappa shape index (κ3) is 5.23. The average Bonchev–Trinajstić information content (AvgIpc) is 2.63. The topological polar surface area (TPSA) is 44.7 Å². The van der Waals surface area contributed by atoms with Crippen LogP contribution < -0.4 is 10.3 Å². The number of amides is 1. The van der Waals surface area contributed by atoms with Gasteiger partial charge in [0.05, 0.1) is 6.21 Å². The molecule has 1 N–H and O–H groups in total. The monoisotopic (exact) mass is 323 g/mol. The lowest BCUT2D eigenvalue weighted by molar-refractivity contribution is 0.0955. The molecule has 2 aromatic rings. The van der Waals surface area contributed by atoms with Gasteiger partial charge in [-0.05, 0) is 42.7 Å². The van der Waals surface area contributed by atoms with E-state index in [1.807, 2.05) is 30.3 Å². The number of anilines is 1. The van der Waals surface area contributed by atoms with Crippen molar-refractivity contribution < 1.29 is 4.79 Å². The minimum absolute atomic E-state index is 0.208. The highest BCUT2D eigenvalue weighted by Gasteiger charge is 2.04. The van der Waals surface area contributed by atoms with E-state index in [0.717, 1.165) is 31.5 Å². The van der Waals surface area contributed by atoms with E-state index in [0.29, 0.717) is 5.56 Å². The molecule has 0 spiro atoms. The van der Waals surface area contributed by atoms with Gasteiger partial charge in [-0.25, -0.2) is 5.43 Å². The number of hydrogen-bond acceptors (Lipinski definition) is 3. The molecular weight excluding hydrogens is 298 g/mol. The van der Waals surface area contributed by atoms with Crippen molar-refractivity contribution in [3.8, 4) is 0 Å². The maximum absolute atomic E-state index is 11.9. The largest absolute Gasteiger partial charge is 0.372 e. The Morgan fingerprint density at radius 3 is 2.21 bits per heavy atom. The standard InChI is InChI=1S/C20H25N3O/c1-3-14-23(15-4-2)19-12-10-17(11-13-19)16-21-22-20(24)18-8-6-5-7-9-18/h5-13,16H,3-4,14-15H2,1-2H3,(H,22,24)/b21-16+. The minimum Gasteiger partial charge on any atom is -0.372 e. The fourth-order valence-corrected chi connectivity index (χ4v) is 2.50. The van der Waals surface area contributed by atoms with Crippen molar-refractivity contribution in [3.63, 3.8) is 0 Å². The van der Waals surface area contributed by atoms with Crippen molar-refractivity contribution in [1.82, 2.24) is 5.43 Å². The summed E-state index contributed by atoms with van der Waals surface area (Å²) in [5.74, 6) is -0.208. The average molecular weight is 323 g/mol. The molecule has 2 aromatic carbocycles. The van der Waals surface area contributed by atoms with Crippen molar-refractivity contribution in [2.75, 3.05) is 18.0 Å². The van der Waals surface area contributed by atoms with Crippen LogP contribution in [0.3, 0.4) is 0 Å². The van der Waals surface area contributed by atoms with Gasteiger partial charge in [0.1, 0.15) is 0 Å². The predicted molar refractivity (Wildman–Crippen MR) is 101 cm³/mol. The molecule has 0 heterocycles. The van der Waals surface area contributed by atoms with Gasteiger partial charge in [0.25, 0.3) is 5.91 Å². The van der Waals surface area contributed by atoms with E-state index in [1.54, 1.807) is 18.3 Å². The van der Waals surface area contributed by atoms with Crippen molar-refractivity contribution in [3.05, 3.63) is 65.7 Å². The number of carbonyl (C=O) groups excluding carboxylic acids is 1. The maximum Gasteiger partial charge on any atom is 0.271 e. The summed E-state index contributed by atoms with van der Waals surface area (Å²) in [7, 11) is 0. The van der Waals surface area contributed by atoms with Gasteiger partial charge >= 0.3 is 0 Å². The van der Waals surface area contributed by atoms with E-state index < -0.39 is 0 Å². The molecule has 24 heavy (non-hydrogen) atoms. The molecule has 1 amide bonds. The lowest BCUT2D eigenvalue weighted by Gasteiger charge is -2.23. The first-order valence-electron chi connectivity index (χ1n) is 8.48. The molecule has 0 fully saturated rings. The molecule has 0 saturated carbocycles. The minimum atomic E-state index is -0.208. The SMILES string of the molecule is CCCN(CCC)c1ccc(/C=N/NC(=O)c2ccccc2)cc1. The van der Waals surface area contributed by atoms with E-state index in [4.69, 9.17) is 0 Å². The first-order valence-corrected chi connectivity index (χ1v) is 8.48. The summed E-state index contributed by atoms with van der Waals surface area (Å²) >= 11 is 0. The second-order valence-corrected chi connectivity index (χ2v) is 5.64. The van der Waals surface area contributed by atoms with Crippen molar-refractivity contribution in [2.45, 2.75) is 26.7 Å². The van der Waals surface area contributed by atoms with Gasteiger partial charge < -0.3 is 4.90 Å². The summed E-state index contributed by atoms with van der Waals surface area (Å²) in [5, 5.41) is 4.03. The van der Waals surface area contributed by atoms with E-state index in [-0.39, 0.29) is 5.91 Å². The Bertz CT molecular complexity index is 644. The Hall–Kier alpha value is -2.62. The molecule has 2 rings (SSSR count). The Kier molecular flexibility index (Phi) is 7.02. The van der Waals surface area contributed by atoms with Crippen LogP contribution in [0.25, 0.3) is 0 Å². The summed E-state index contributed by atoms with van der Waals surface area (Å²) in [6.07, 6.45) is 3.93. The summed E-state index contributed by atoms with van der Waals surface area (Å²) in [6, 6.07) is 17.3. The van der Waals surface area contributed by atoms with Gasteiger partial charge in [0, 0.05) is 24.3 Å². The van der Waals surface area contributed by atoms with Crippen LogP contribution in [-0.2, 0) is 0 Å². The second kappa shape index (κ2) is 9.50. The third-order valence-electron chi connectivity index (χ3n) is 3.66. The molecular formula is C20H25N3O. The Morgan fingerprint density at radius 2 is 1.62 bits per heavy atom. The van der Waals surface area contributed by atoms with Crippen LogP contribution in [0.1, 0.15) is 42.6 Å². The number of hydrazone groups is 1. The van der Waals surface area contributed by atoms with Crippen LogP contribution in [0.4, 0.5) is 5.69 Å². The van der Waals surface area contributed by atoms with Gasteiger partial charge in [0.15, 0.2) is 0 Å². The Labute approximate surface area is 144 Å². The van der Waals surface area contributed by atoms with Crippen molar-refractivity contribution >= 4 is 17.8 Å². The number of nitrogens with one attached hydrogen (secondary N) is 1. The van der Waals surface area contributed by atoms with E-state index in [1.165, 1.54) is 5.69 Å². The molecule has 4 heteroatoms. The number of rotatable bonds is 8. The fraction of sp³-hybridized carbons (Fsp3) is 0.300. The lowest BCUT2D eigenvalue weighted by atomic mass is 10.2. The van der Waals surface area contributed by atoms with Crippen LogP contribution in [-0.4, -0.2) is 25.2 Å². The van der Waals surface area contributed by atoms with E-state index in [9.17, 15) is 4.79 Å². The van der Waals surface area contributed by atoms with Crippen molar-refractivity contribution in [2.24, 2.45) is 5.10 Å². The first kappa shape index (κ1) is 17.7. The summed E-state index contributed by atoms with van der Waals surface area (Å²) in [4.78, 5) is 14.3. The maximum atomic E-state index is 11.9. The Balaban J connectivity index is 1.94. The zero-order valence-electron chi connectivity index (χ0n) is 14.4. The van der Waals surface area contributed by atoms with Crippen molar-refractivity contribution in [1.29, 1.82) is 0 Å². The van der Waals surface area contributed by atoms with Gasteiger partial charge in [0.2, 0.25) is 0 Å². The van der Waals surface area contributed by atoms with Gasteiger partial charge in [-0.15, -0.1) is 0 Å². The number of hydrogen-bond donors (Lipinski definition) is 1. The fourth-order valence-electron chi connectivity index (χ4n) is 2.50. The molecule has 0 aliphatic carbocycles. The van der Waals surface area contributed by atoms with E-state index >= 15 is 0 Å². The first-order chi connectivity index (χ1) is 11.7. The second-order valence-electron chi connectivity index (χ2n) is 5.64. The van der Waals surface area contributed by atoms with Crippen LogP contribution >= 0.6 is 0 Å². The molecule has 0 aliphatic rings. The highest BCUT2D eigenvalue weighted by atomic mass is 16.2. The molecule has 4 nitrogen and oxygen atoms in total. The zero-order valence-corrected chi connectivity index (χ0v) is 14.4. The smallest absolute Gasteiger partial charge is 0.271 e. The van der Waals surface area contributed by atoms with Crippen LogP contribution in [0.15, 0.2) is 59.7 Å². The van der Waals surface area contributed by atoms with Gasteiger partial charge in [-0.3, -0.25) is 4.79 Å². The highest BCUT2D eigenvalue weighted by Crippen LogP contribution is 2.15. The van der Waals surface area contributed by atoms with Crippen LogP contribution in [0.2, 0.25) is 0 Å². The quantitative estimate of drug-likeness (QED) is 0.588. The molecule has 0 aromatic heterocycles. The zero-order chi connectivity index (χ0) is 17.2. The van der Waals surface area contributed by atoms with E-state index in [2.05, 4.69) is 41.4 Å². The molecule has 126 valence electrons. The van der Waals surface area contributed by atoms with Crippen LogP contribution in [0, 0.1) is 0 Å². The highest BCUT2D eigenvalue weighted by molar-refractivity contribution is 5.94. The molecule has 0 aliphatic heterocycles. The summed E-state index contributed by atoms with van der Waals surface area (Å²) < 4.78 is 0. The summed E-state index contributed by atoms with van der Waals surface area (Å²) in [5.41, 5.74) is 5.33. The number of nitrogens with zero attached hydrogens (tertiary/aromatic N) is 2. The molecule has 0 radical (unpaired) electrons.